The van der Waals surface area contributed by atoms with Gasteiger partial charge in [-0.25, -0.2) is 4.79 Å². The van der Waals surface area contributed by atoms with Crippen LogP contribution in [0.5, 0.6) is 0 Å². The quantitative estimate of drug-likeness (QED) is 0.853. The maximum Gasteiger partial charge on any atom is 0.338 e. The first kappa shape index (κ1) is 15.5. The lowest BCUT2D eigenvalue weighted by molar-refractivity contribution is -0.0368. The molecule has 1 aliphatic rings. The van der Waals surface area contributed by atoms with E-state index in [-0.39, 0.29) is 5.97 Å². The molecule has 0 aliphatic carbocycles. The Morgan fingerprint density at radius 1 is 1.35 bits per heavy atom. The fraction of sp³-hybridized carbons (Fsp3) is 0.562. The molecule has 1 N–H and O–H groups in total. The Kier molecular flexibility index (Phi) is 4.86. The molecule has 20 heavy (non-hydrogen) atoms. The highest BCUT2D eigenvalue weighted by molar-refractivity contribution is 9.10. The van der Waals surface area contributed by atoms with Crippen LogP contribution in [-0.2, 0) is 4.74 Å². The minimum Gasteiger partial charge on any atom is -0.456 e. The molecule has 1 aromatic rings. The van der Waals surface area contributed by atoms with Gasteiger partial charge in [0.25, 0.3) is 0 Å². The van der Waals surface area contributed by atoms with Crippen molar-refractivity contribution in [3.05, 3.63) is 33.8 Å². The molecule has 0 aromatic heterocycles. The number of hydrogen-bond acceptors (Lipinski definition) is 3. The van der Waals surface area contributed by atoms with Gasteiger partial charge < -0.3 is 10.1 Å². The Morgan fingerprint density at radius 3 is 2.65 bits per heavy atom. The molecule has 0 bridgehead atoms. The van der Waals surface area contributed by atoms with Gasteiger partial charge >= 0.3 is 5.97 Å². The van der Waals surface area contributed by atoms with Crippen LogP contribution in [0.3, 0.4) is 0 Å². The second kappa shape index (κ2) is 6.27. The van der Waals surface area contributed by atoms with E-state index in [1.54, 1.807) is 0 Å². The first-order valence-electron chi connectivity index (χ1n) is 7.10. The van der Waals surface area contributed by atoms with Crippen molar-refractivity contribution in [2.24, 2.45) is 5.92 Å². The summed E-state index contributed by atoms with van der Waals surface area (Å²) in [6.07, 6.45) is 2.11. The number of hydrogen-bond donors (Lipinski definition) is 1. The number of nitrogens with one attached hydrogen (secondary N) is 1. The molecule has 4 heteroatoms. The first-order chi connectivity index (χ1) is 9.40. The van der Waals surface area contributed by atoms with E-state index in [1.807, 2.05) is 39.0 Å². The lowest BCUT2D eigenvalue weighted by Gasteiger charge is -2.36. The summed E-state index contributed by atoms with van der Waals surface area (Å²) in [4.78, 5) is 12.4. The molecular weight excluding hydrogens is 318 g/mol. The van der Waals surface area contributed by atoms with Crippen LogP contribution in [0.4, 0.5) is 0 Å². The standard InChI is InChI=1S/C16H22BrNO2/c1-11-4-5-13(17)10-14(11)15(19)20-16(2,3)12-6-8-18-9-7-12/h4-5,10,12,18H,6-9H2,1-3H3. The maximum absolute atomic E-state index is 12.4. The summed E-state index contributed by atoms with van der Waals surface area (Å²) in [6, 6.07) is 5.69. The Labute approximate surface area is 129 Å². The highest BCUT2D eigenvalue weighted by atomic mass is 79.9. The molecule has 0 saturated carbocycles. The number of benzene rings is 1. The van der Waals surface area contributed by atoms with Crippen LogP contribution < -0.4 is 5.32 Å². The van der Waals surface area contributed by atoms with E-state index in [2.05, 4.69) is 21.2 Å². The van der Waals surface area contributed by atoms with Crippen LogP contribution in [-0.4, -0.2) is 24.7 Å². The molecule has 2 rings (SSSR count). The van der Waals surface area contributed by atoms with Gasteiger partial charge in [0, 0.05) is 10.4 Å². The highest BCUT2D eigenvalue weighted by Gasteiger charge is 2.34. The molecular formula is C16H22BrNO2. The molecule has 0 unspecified atom stereocenters. The largest absolute Gasteiger partial charge is 0.456 e. The number of rotatable bonds is 3. The van der Waals surface area contributed by atoms with E-state index in [1.165, 1.54) is 0 Å². The molecule has 0 amide bonds. The van der Waals surface area contributed by atoms with Crippen LogP contribution in [0.1, 0.15) is 42.6 Å². The third-order valence-electron chi connectivity index (χ3n) is 4.10. The fourth-order valence-electron chi connectivity index (χ4n) is 2.71. The zero-order valence-electron chi connectivity index (χ0n) is 12.3. The van der Waals surface area contributed by atoms with E-state index in [4.69, 9.17) is 4.74 Å². The van der Waals surface area contributed by atoms with Crippen LogP contribution in [0.15, 0.2) is 22.7 Å². The Bertz CT molecular complexity index is 493. The minimum absolute atomic E-state index is 0.229. The van der Waals surface area contributed by atoms with Gasteiger partial charge in [-0.05, 0) is 64.4 Å². The van der Waals surface area contributed by atoms with E-state index < -0.39 is 5.60 Å². The Hall–Kier alpha value is -0.870. The smallest absolute Gasteiger partial charge is 0.338 e. The molecule has 0 radical (unpaired) electrons. The monoisotopic (exact) mass is 339 g/mol. The highest BCUT2D eigenvalue weighted by Crippen LogP contribution is 2.30. The van der Waals surface area contributed by atoms with Gasteiger partial charge in [0.1, 0.15) is 5.60 Å². The van der Waals surface area contributed by atoms with Gasteiger partial charge in [-0.15, -0.1) is 0 Å². The molecule has 1 heterocycles. The lowest BCUT2D eigenvalue weighted by atomic mass is 9.83. The SMILES string of the molecule is Cc1ccc(Br)cc1C(=O)OC(C)(C)C1CCNCC1. The molecule has 1 aromatic carbocycles. The minimum atomic E-state index is -0.423. The van der Waals surface area contributed by atoms with Gasteiger partial charge in [-0.1, -0.05) is 22.0 Å². The van der Waals surface area contributed by atoms with Crippen LogP contribution in [0.25, 0.3) is 0 Å². The summed E-state index contributed by atoms with van der Waals surface area (Å²) in [5.41, 5.74) is 1.16. The average Bonchev–Trinajstić information content (AvgIpc) is 2.42. The summed E-state index contributed by atoms with van der Waals surface area (Å²) >= 11 is 3.40. The number of ether oxygens (including phenoxy) is 1. The number of piperidine rings is 1. The third-order valence-corrected chi connectivity index (χ3v) is 4.59. The van der Waals surface area contributed by atoms with Gasteiger partial charge in [0.2, 0.25) is 0 Å². The molecule has 3 nitrogen and oxygen atoms in total. The maximum atomic E-state index is 12.4. The van der Waals surface area contributed by atoms with Crippen molar-refractivity contribution >= 4 is 21.9 Å². The van der Waals surface area contributed by atoms with Crippen molar-refractivity contribution in [1.29, 1.82) is 0 Å². The predicted molar refractivity (Wildman–Crippen MR) is 84.0 cm³/mol. The van der Waals surface area contributed by atoms with Crippen molar-refractivity contribution < 1.29 is 9.53 Å². The number of carbonyl (C=O) groups excluding carboxylic acids is 1. The summed E-state index contributed by atoms with van der Waals surface area (Å²) in [7, 11) is 0. The topological polar surface area (TPSA) is 38.3 Å². The summed E-state index contributed by atoms with van der Waals surface area (Å²) < 4.78 is 6.71. The molecule has 0 atom stereocenters. The van der Waals surface area contributed by atoms with E-state index in [0.717, 1.165) is 36.0 Å². The van der Waals surface area contributed by atoms with Gasteiger partial charge in [0.15, 0.2) is 0 Å². The zero-order chi connectivity index (χ0) is 14.8. The van der Waals surface area contributed by atoms with E-state index in [0.29, 0.717) is 11.5 Å². The normalized spacial score (nSPS) is 17.0. The van der Waals surface area contributed by atoms with Crippen molar-refractivity contribution in [3.8, 4) is 0 Å². The Balaban J connectivity index is 2.11. The van der Waals surface area contributed by atoms with Crippen molar-refractivity contribution in [1.82, 2.24) is 5.32 Å². The predicted octanol–water partition coefficient (Wildman–Crippen LogP) is 3.69. The van der Waals surface area contributed by atoms with E-state index >= 15 is 0 Å². The van der Waals surface area contributed by atoms with E-state index in [9.17, 15) is 4.79 Å². The zero-order valence-corrected chi connectivity index (χ0v) is 13.9. The second-order valence-electron chi connectivity index (χ2n) is 5.98. The van der Waals surface area contributed by atoms with Gasteiger partial charge in [-0.3, -0.25) is 0 Å². The molecule has 110 valence electrons. The third kappa shape index (κ3) is 3.61. The van der Waals surface area contributed by atoms with Crippen LogP contribution in [0, 0.1) is 12.8 Å². The fourth-order valence-corrected chi connectivity index (χ4v) is 3.07. The Morgan fingerprint density at radius 2 is 2.00 bits per heavy atom. The van der Waals surface area contributed by atoms with Crippen LogP contribution in [0.2, 0.25) is 0 Å². The van der Waals surface area contributed by atoms with Gasteiger partial charge in [-0.2, -0.15) is 0 Å². The number of aryl methyl sites for hydroxylation is 1. The van der Waals surface area contributed by atoms with Crippen molar-refractivity contribution in [2.75, 3.05) is 13.1 Å². The van der Waals surface area contributed by atoms with Gasteiger partial charge in [0.05, 0.1) is 5.56 Å². The number of carbonyl (C=O) groups is 1. The molecule has 1 aliphatic heterocycles. The van der Waals surface area contributed by atoms with Crippen molar-refractivity contribution in [2.45, 2.75) is 39.2 Å². The average molecular weight is 340 g/mol. The summed E-state index contributed by atoms with van der Waals surface area (Å²) in [6.45, 7) is 7.98. The summed E-state index contributed by atoms with van der Waals surface area (Å²) in [5, 5.41) is 3.34. The number of esters is 1. The second-order valence-corrected chi connectivity index (χ2v) is 6.89. The number of halogens is 1. The first-order valence-corrected chi connectivity index (χ1v) is 7.89. The molecule has 1 saturated heterocycles. The van der Waals surface area contributed by atoms with Crippen LogP contribution >= 0.6 is 15.9 Å². The lowest BCUT2D eigenvalue weighted by Crippen LogP contribution is -2.42. The molecule has 1 fully saturated rings. The van der Waals surface area contributed by atoms with Crippen molar-refractivity contribution in [3.63, 3.8) is 0 Å². The summed E-state index contributed by atoms with van der Waals surface area (Å²) in [5.74, 6) is 0.187. The molecule has 0 spiro atoms.